The van der Waals surface area contributed by atoms with Crippen LogP contribution in [0.4, 0.5) is 5.69 Å². The highest BCUT2D eigenvalue weighted by atomic mass is 32.1. The van der Waals surface area contributed by atoms with Crippen molar-refractivity contribution < 1.29 is 9.72 Å². The van der Waals surface area contributed by atoms with Crippen molar-refractivity contribution in [3.05, 3.63) is 97.7 Å². The van der Waals surface area contributed by atoms with Gasteiger partial charge in [0.1, 0.15) is 0 Å². The number of hydrogen-bond donors (Lipinski definition) is 1. The molecule has 0 saturated heterocycles. The first-order valence-corrected chi connectivity index (χ1v) is 9.01. The quantitative estimate of drug-likeness (QED) is 0.515. The monoisotopic (exact) mass is 366 g/mol. The van der Waals surface area contributed by atoms with Gasteiger partial charge in [-0.1, -0.05) is 60.7 Å². The molecular formula is C20H18N2O3S. The van der Waals surface area contributed by atoms with Crippen LogP contribution in [0.15, 0.2) is 66.7 Å². The fourth-order valence-electron chi connectivity index (χ4n) is 2.85. The number of hydrogen-bond acceptors (Lipinski definition) is 4. The van der Waals surface area contributed by atoms with Gasteiger partial charge in [0.05, 0.1) is 14.7 Å². The van der Waals surface area contributed by atoms with Crippen molar-refractivity contribution in [1.82, 2.24) is 5.32 Å². The van der Waals surface area contributed by atoms with E-state index in [1.807, 2.05) is 60.7 Å². The van der Waals surface area contributed by atoms with Crippen molar-refractivity contribution in [3.63, 3.8) is 0 Å². The molecule has 1 aromatic heterocycles. The van der Waals surface area contributed by atoms with Crippen molar-refractivity contribution in [2.45, 2.75) is 12.8 Å². The predicted octanol–water partition coefficient (Wildman–Crippen LogP) is 4.53. The van der Waals surface area contributed by atoms with Crippen LogP contribution in [0, 0.1) is 17.0 Å². The Morgan fingerprint density at radius 3 is 2.08 bits per heavy atom. The lowest BCUT2D eigenvalue weighted by atomic mass is 9.91. The lowest BCUT2D eigenvalue weighted by molar-refractivity contribution is -0.385. The van der Waals surface area contributed by atoms with E-state index in [9.17, 15) is 14.9 Å². The normalized spacial score (nSPS) is 10.7. The number of benzene rings is 2. The van der Waals surface area contributed by atoms with Gasteiger partial charge in [-0.2, -0.15) is 0 Å². The van der Waals surface area contributed by atoms with Crippen LogP contribution in [-0.4, -0.2) is 17.4 Å². The van der Waals surface area contributed by atoms with E-state index in [1.165, 1.54) is 6.07 Å². The third-order valence-electron chi connectivity index (χ3n) is 4.18. The molecule has 1 N–H and O–H groups in total. The zero-order valence-corrected chi connectivity index (χ0v) is 15.0. The number of thiophene rings is 1. The molecule has 0 spiro atoms. The Morgan fingerprint density at radius 2 is 1.62 bits per heavy atom. The van der Waals surface area contributed by atoms with Crippen LogP contribution in [0.1, 0.15) is 31.6 Å². The van der Waals surface area contributed by atoms with Gasteiger partial charge in [0.15, 0.2) is 0 Å². The maximum absolute atomic E-state index is 12.5. The molecule has 0 aliphatic carbocycles. The van der Waals surface area contributed by atoms with Gasteiger partial charge in [0.25, 0.3) is 11.6 Å². The average Bonchev–Trinajstić information content (AvgIpc) is 3.06. The number of amides is 1. The van der Waals surface area contributed by atoms with Crippen molar-refractivity contribution >= 4 is 22.9 Å². The summed E-state index contributed by atoms with van der Waals surface area (Å²) >= 11 is 1.14. The number of nitrogens with zero attached hydrogens (tertiary/aromatic N) is 1. The molecule has 0 aliphatic heterocycles. The average molecular weight is 366 g/mol. The van der Waals surface area contributed by atoms with Crippen LogP contribution in [0.3, 0.4) is 0 Å². The molecule has 6 heteroatoms. The number of rotatable bonds is 6. The van der Waals surface area contributed by atoms with Crippen LogP contribution in [0.2, 0.25) is 0 Å². The van der Waals surface area contributed by atoms with Gasteiger partial charge in [0.2, 0.25) is 0 Å². The molecule has 5 nitrogen and oxygen atoms in total. The minimum Gasteiger partial charge on any atom is -0.350 e. The molecule has 0 radical (unpaired) electrons. The molecule has 0 saturated carbocycles. The SMILES string of the molecule is Cc1sc(C(=O)NCC(c2ccccc2)c2ccccc2)cc1[N+](=O)[O-]. The summed E-state index contributed by atoms with van der Waals surface area (Å²) in [5.41, 5.74) is 2.20. The minimum absolute atomic E-state index is 0.0113. The van der Waals surface area contributed by atoms with Crippen molar-refractivity contribution in [1.29, 1.82) is 0 Å². The first kappa shape index (κ1) is 17.8. The van der Waals surface area contributed by atoms with Gasteiger partial charge in [-0.3, -0.25) is 14.9 Å². The Labute approximate surface area is 155 Å². The molecule has 3 rings (SSSR count). The molecule has 132 valence electrons. The zero-order valence-electron chi connectivity index (χ0n) is 14.2. The molecule has 26 heavy (non-hydrogen) atoms. The fraction of sp³-hybridized carbons (Fsp3) is 0.150. The summed E-state index contributed by atoms with van der Waals surface area (Å²) in [6, 6.07) is 21.3. The second kappa shape index (κ2) is 7.93. The maximum Gasteiger partial charge on any atom is 0.283 e. The van der Waals surface area contributed by atoms with Crippen LogP contribution in [-0.2, 0) is 0 Å². The first-order valence-electron chi connectivity index (χ1n) is 8.19. The number of carbonyl (C=O) groups excluding carboxylic acids is 1. The van der Waals surface area contributed by atoms with Gasteiger partial charge in [0, 0.05) is 18.5 Å². The summed E-state index contributed by atoms with van der Waals surface area (Å²) in [6.45, 7) is 2.06. The van der Waals surface area contributed by atoms with E-state index in [4.69, 9.17) is 0 Å². The molecule has 1 amide bonds. The number of nitro groups is 1. The second-order valence-electron chi connectivity index (χ2n) is 5.89. The zero-order chi connectivity index (χ0) is 18.5. The molecule has 0 atom stereocenters. The van der Waals surface area contributed by atoms with Gasteiger partial charge in [-0.25, -0.2) is 0 Å². The van der Waals surface area contributed by atoms with Crippen LogP contribution < -0.4 is 5.32 Å². The molecule has 0 unspecified atom stereocenters. The van der Waals surface area contributed by atoms with E-state index in [-0.39, 0.29) is 17.5 Å². The van der Waals surface area contributed by atoms with Gasteiger partial charge in [-0.15, -0.1) is 11.3 Å². The topological polar surface area (TPSA) is 72.2 Å². The third kappa shape index (κ3) is 3.97. The molecule has 0 aliphatic rings. The Hall–Kier alpha value is -2.99. The summed E-state index contributed by atoms with van der Waals surface area (Å²) in [5.74, 6) is -0.277. The lowest BCUT2D eigenvalue weighted by Gasteiger charge is -2.18. The van der Waals surface area contributed by atoms with Gasteiger partial charge >= 0.3 is 0 Å². The lowest BCUT2D eigenvalue weighted by Crippen LogP contribution is -2.28. The largest absolute Gasteiger partial charge is 0.350 e. The van der Waals surface area contributed by atoms with Crippen molar-refractivity contribution in [2.75, 3.05) is 6.54 Å². The summed E-state index contributed by atoms with van der Waals surface area (Å²) in [4.78, 5) is 23.9. The van der Waals surface area contributed by atoms with E-state index < -0.39 is 4.92 Å². The van der Waals surface area contributed by atoms with Gasteiger partial charge in [-0.05, 0) is 18.1 Å². The standard InChI is InChI=1S/C20H18N2O3S/c1-14-18(22(24)25)12-19(26-14)20(23)21-13-17(15-8-4-2-5-9-15)16-10-6-3-7-11-16/h2-12,17H,13H2,1H3,(H,21,23). The van der Waals surface area contributed by atoms with E-state index in [2.05, 4.69) is 5.32 Å². The highest BCUT2D eigenvalue weighted by Gasteiger charge is 2.21. The van der Waals surface area contributed by atoms with E-state index in [0.717, 1.165) is 22.5 Å². The molecular weight excluding hydrogens is 348 g/mol. The number of aryl methyl sites for hydroxylation is 1. The summed E-state index contributed by atoms with van der Waals surface area (Å²) in [6.07, 6.45) is 0. The Morgan fingerprint density at radius 1 is 1.08 bits per heavy atom. The third-order valence-corrected chi connectivity index (χ3v) is 5.22. The summed E-state index contributed by atoms with van der Waals surface area (Å²) in [7, 11) is 0. The highest BCUT2D eigenvalue weighted by Crippen LogP contribution is 2.28. The van der Waals surface area contributed by atoms with Crippen LogP contribution in [0.25, 0.3) is 0 Å². The molecule has 0 bridgehead atoms. The second-order valence-corrected chi connectivity index (χ2v) is 7.15. The Bertz CT molecular complexity index is 868. The van der Waals surface area contributed by atoms with Crippen molar-refractivity contribution in [3.8, 4) is 0 Å². The highest BCUT2D eigenvalue weighted by molar-refractivity contribution is 7.14. The van der Waals surface area contributed by atoms with E-state index >= 15 is 0 Å². The summed E-state index contributed by atoms with van der Waals surface area (Å²) in [5, 5.41) is 13.9. The van der Waals surface area contributed by atoms with E-state index in [0.29, 0.717) is 16.3 Å². The van der Waals surface area contributed by atoms with Crippen LogP contribution >= 0.6 is 11.3 Å². The summed E-state index contributed by atoms with van der Waals surface area (Å²) < 4.78 is 0. The van der Waals surface area contributed by atoms with Crippen molar-refractivity contribution in [2.24, 2.45) is 0 Å². The van der Waals surface area contributed by atoms with Gasteiger partial charge < -0.3 is 5.32 Å². The Balaban J connectivity index is 1.79. The van der Waals surface area contributed by atoms with Crippen LogP contribution in [0.5, 0.6) is 0 Å². The predicted molar refractivity (Wildman–Crippen MR) is 103 cm³/mol. The smallest absolute Gasteiger partial charge is 0.283 e. The Kier molecular flexibility index (Phi) is 5.43. The fourth-order valence-corrected chi connectivity index (χ4v) is 3.75. The van der Waals surface area contributed by atoms with E-state index in [1.54, 1.807) is 6.92 Å². The molecule has 0 fully saturated rings. The molecule has 3 aromatic rings. The molecule has 2 aromatic carbocycles. The molecule has 1 heterocycles. The maximum atomic E-state index is 12.5. The number of carbonyl (C=O) groups is 1. The minimum atomic E-state index is -0.459. The first-order chi connectivity index (χ1) is 12.6. The number of nitrogens with one attached hydrogen (secondary N) is 1.